The van der Waals surface area contributed by atoms with Gasteiger partial charge < -0.3 is 9.84 Å². The summed E-state index contributed by atoms with van der Waals surface area (Å²) >= 11 is 0. The van der Waals surface area contributed by atoms with Crippen LogP contribution in [0.5, 0.6) is 5.75 Å². The molecule has 0 spiro atoms. The van der Waals surface area contributed by atoms with E-state index in [1.165, 1.54) is 11.1 Å². The Morgan fingerprint density at radius 1 is 1.16 bits per heavy atom. The van der Waals surface area contributed by atoms with E-state index in [1.807, 2.05) is 18.2 Å². The van der Waals surface area contributed by atoms with Gasteiger partial charge in [0.05, 0.1) is 0 Å². The summed E-state index contributed by atoms with van der Waals surface area (Å²) in [5.41, 5.74) is 3.56. The number of aryl methyl sites for hydroxylation is 1. The topological polar surface area (TPSA) is 63.6 Å². The second kappa shape index (κ2) is 7.81. The molecule has 0 amide bonds. The first kappa shape index (κ1) is 20.3. The predicted molar refractivity (Wildman–Crippen MR) is 118 cm³/mol. The maximum absolute atomic E-state index is 12.9. The lowest BCUT2D eigenvalue weighted by Crippen LogP contribution is -2.44. The average molecular weight is 419 g/mol. The normalized spacial score (nSPS) is 31.5. The Morgan fingerprint density at radius 3 is 2.74 bits per heavy atom. The van der Waals surface area contributed by atoms with Gasteiger partial charge in [0.1, 0.15) is 18.1 Å². The van der Waals surface area contributed by atoms with Crippen molar-refractivity contribution in [1.82, 2.24) is 0 Å². The highest BCUT2D eigenvalue weighted by Crippen LogP contribution is 2.62. The molecule has 4 nitrogen and oxygen atoms in total. The first-order valence-electron chi connectivity index (χ1n) is 11.5. The van der Waals surface area contributed by atoms with Crippen molar-refractivity contribution in [2.24, 2.45) is 23.2 Å². The third kappa shape index (κ3) is 3.56. The standard InChI is InChI=1S/C27H30O4/c1-27-12-11-22-21-10-8-20(31-16-17-5-3-2-4-6-17)13-18(21)7-9-23(22)26(27)19(14-24(27)28)15-25(29)30/h2-6,8,10,13,19,22-23,26H,7,9,11-12,14-16H2,1H3,(H,29,30)/t19-,22-,23-,26+,27-/m1/s1. The molecule has 0 saturated heterocycles. The van der Waals surface area contributed by atoms with E-state index < -0.39 is 5.97 Å². The number of fused-ring (bicyclic) bond motifs is 5. The van der Waals surface area contributed by atoms with Crippen molar-refractivity contribution < 1.29 is 19.4 Å². The van der Waals surface area contributed by atoms with Gasteiger partial charge in [-0.2, -0.15) is 0 Å². The van der Waals surface area contributed by atoms with Gasteiger partial charge in [-0.15, -0.1) is 0 Å². The minimum atomic E-state index is -0.777. The Kier molecular flexibility index (Phi) is 5.11. The molecule has 0 unspecified atom stereocenters. The number of aliphatic carboxylic acids is 1. The molecule has 3 aliphatic carbocycles. The zero-order valence-electron chi connectivity index (χ0n) is 18.0. The van der Waals surface area contributed by atoms with Crippen LogP contribution in [0.3, 0.4) is 0 Å². The summed E-state index contributed by atoms with van der Waals surface area (Å²) in [6.45, 7) is 2.67. The van der Waals surface area contributed by atoms with E-state index in [4.69, 9.17) is 4.74 Å². The molecule has 2 aromatic carbocycles. The number of ether oxygens (including phenoxy) is 1. The third-order valence-electron chi connectivity index (χ3n) is 8.23. The van der Waals surface area contributed by atoms with E-state index >= 15 is 0 Å². The number of carboxylic acids is 1. The van der Waals surface area contributed by atoms with Crippen LogP contribution in [0.15, 0.2) is 48.5 Å². The number of carbonyl (C=O) groups excluding carboxylic acids is 1. The average Bonchev–Trinajstić information content (AvgIpc) is 3.01. The fourth-order valence-corrected chi connectivity index (χ4v) is 6.86. The fraction of sp³-hybridized carbons (Fsp3) is 0.481. The van der Waals surface area contributed by atoms with Gasteiger partial charge in [-0.3, -0.25) is 9.59 Å². The van der Waals surface area contributed by atoms with Crippen molar-refractivity contribution in [1.29, 1.82) is 0 Å². The number of Topliss-reactive ketones (excluding diaryl/α,β-unsaturated/α-hetero) is 1. The molecule has 162 valence electrons. The van der Waals surface area contributed by atoms with E-state index in [1.54, 1.807) is 0 Å². The first-order valence-corrected chi connectivity index (χ1v) is 11.5. The summed E-state index contributed by atoms with van der Waals surface area (Å²) in [6.07, 6.45) is 4.45. The maximum Gasteiger partial charge on any atom is 0.303 e. The predicted octanol–water partition coefficient (Wildman–Crippen LogP) is 5.39. The van der Waals surface area contributed by atoms with Crippen molar-refractivity contribution in [2.75, 3.05) is 0 Å². The third-order valence-corrected chi connectivity index (χ3v) is 8.23. The molecule has 2 saturated carbocycles. The van der Waals surface area contributed by atoms with Crippen LogP contribution in [0.2, 0.25) is 0 Å². The highest BCUT2D eigenvalue weighted by atomic mass is 16.5. The van der Waals surface area contributed by atoms with Gasteiger partial charge in [0.15, 0.2) is 0 Å². The highest BCUT2D eigenvalue weighted by molar-refractivity contribution is 5.88. The van der Waals surface area contributed by atoms with Crippen LogP contribution >= 0.6 is 0 Å². The molecule has 0 aliphatic heterocycles. The number of rotatable bonds is 5. The minimum Gasteiger partial charge on any atom is -0.489 e. The molecule has 2 fully saturated rings. The molecular weight excluding hydrogens is 388 g/mol. The Bertz CT molecular complexity index is 998. The van der Waals surface area contributed by atoms with Crippen molar-refractivity contribution in [3.05, 3.63) is 65.2 Å². The second-order valence-electron chi connectivity index (χ2n) is 9.91. The Hall–Kier alpha value is -2.62. The molecule has 0 aromatic heterocycles. The van der Waals surface area contributed by atoms with Crippen LogP contribution in [0, 0.1) is 23.2 Å². The van der Waals surface area contributed by atoms with Crippen LogP contribution in [0.4, 0.5) is 0 Å². The molecule has 0 radical (unpaired) electrons. The van der Waals surface area contributed by atoms with Gasteiger partial charge in [-0.1, -0.05) is 43.3 Å². The lowest BCUT2D eigenvalue weighted by Gasteiger charge is -2.49. The molecule has 31 heavy (non-hydrogen) atoms. The number of ketones is 1. The summed E-state index contributed by atoms with van der Waals surface area (Å²) in [5, 5.41) is 9.43. The number of carbonyl (C=O) groups is 2. The lowest BCUT2D eigenvalue weighted by molar-refractivity contribution is -0.139. The Morgan fingerprint density at radius 2 is 1.97 bits per heavy atom. The van der Waals surface area contributed by atoms with Crippen LogP contribution in [0.25, 0.3) is 0 Å². The molecule has 5 atom stereocenters. The first-order chi connectivity index (χ1) is 15.0. The number of hydrogen-bond acceptors (Lipinski definition) is 3. The Balaban J connectivity index is 1.37. The summed E-state index contributed by atoms with van der Waals surface area (Å²) < 4.78 is 6.04. The van der Waals surface area contributed by atoms with Gasteiger partial charge in [-0.05, 0) is 78.2 Å². The summed E-state index contributed by atoms with van der Waals surface area (Å²) in [5.74, 6) is 1.42. The van der Waals surface area contributed by atoms with Gasteiger partial charge in [0, 0.05) is 18.3 Å². The van der Waals surface area contributed by atoms with Crippen LogP contribution in [-0.4, -0.2) is 16.9 Å². The van der Waals surface area contributed by atoms with E-state index in [0.717, 1.165) is 37.0 Å². The molecule has 1 N–H and O–H groups in total. The monoisotopic (exact) mass is 418 g/mol. The number of benzene rings is 2. The molecule has 0 bridgehead atoms. The minimum absolute atomic E-state index is 0.0159. The van der Waals surface area contributed by atoms with Crippen molar-refractivity contribution in [3.63, 3.8) is 0 Å². The zero-order valence-corrected chi connectivity index (χ0v) is 18.0. The summed E-state index contributed by atoms with van der Waals surface area (Å²) in [7, 11) is 0. The van der Waals surface area contributed by atoms with Crippen molar-refractivity contribution in [3.8, 4) is 5.75 Å². The lowest BCUT2D eigenvalue weighted by atomic mass is 9.54. The summed E-state index contributed by atoms with van der Waals surface area (Å²) in [4.78, 5) is 24.3. The maximum atomic E-state index is 12.9. The van der Waals surface area contributed by atoms with Crippen LogP contribution < -0.4 is 4.74 Å². The largest absolute Gasteiger partial charge is 0.489 e. The van der Waals surface area contributed by atoms with Crippen molar-refractivity contribution >= 4 is 11.8 Å². The van der Waals surface area contributed by atoms with E-state index in [0.29, 0.717) is 24.9 Å². The molecule has 3 aliphatic rings. The van der Waals surface area contributed by atoms with Crippen LogP contribution in [-0.2, 0) is 22.6 Å². The Labute approximate surface area is 183 Å². The van der Waals surface area contributed by atoms with Gasteiger partial charge in [0.2, 0.25) is 0 Å². The molecule has 2 aromatic rings. The smallest absolute Gasteiger partial charge is 0.303 e. The summed E-state index contributed by atoms with van der Waals surface area (Å²) in [6, 6.07) is 16.7. The zero-order chi connectivity index (χ0) is 21.6. The van der Waals surface area contributed by atoms with Crippen LogP contribution in [0.1, 0.15) is 61.6 Å². The molecule has 5 rings (SSSR count). The highest BCUT2D eigenvalue weighted by Gasteiger charge is 2.58. The van der Waals surface area contributed by atoms with E-state index in [2.05, 4.69) is 37.3 Å². The number of carboxylic acid groups (broad SMARTS) is 1. The van der Waals surface area contributed by atoms with Gasteiger partial charge in [-0.25, -0.2) is 0 Å². The SMILES string of the molecule is C[C@]12CC[C@@H]3c4ccc(OCc5ccccc5)cc4CC[C@H]3[C@@H]1[C@@H](CC(=O)O)CC2=O. The van der Waals surface area contributed by atoms with Gasteiger partial charge >= 0.3 is 5.97 Å². The van der Waals surface area contributed by atoms with Gasteiger partial charge in [0.25, 0.3) is 0 Å². The molecular formula is C27H30O4. The number of hydrogen-bond donors (Lipinski definition) is 1. The molecule has 0 heterocycles. The second-order valence-corrected chi connectivity index (χ2v) is 9.91. The quantitative estimate of drug-likeness (QED) is 0.707. The molecule has 4 heteroatoms. The van der Waals surface area contributed by atoms with Crippen molar-refractivity contribution in [2.45, 2.75) is 58.0 Å². The van der Waals surface area contributed by atoms with E-state index in [-0.39, 0.29) is 29.5 Å². The fourth-order valence-electron chi connectivity index (χ4n) is 6.86. The van der Waals surface area contributed by atoms with E-state index in [9.17, 15) is 14.7 Å².